The van der Waals surface area contributed by atoms with Gasteiger partial charge in [0.25, 0.3) is 0 Å². The number of benzene rings is 1. The summed E-state index contributed by atoms with van der Waals surface area (Å²) in [6.07, 6.45) is 1.11. The monoisotopic (exact) mass is 339 g/mol. The van der Waals surface area contributed by atoms with Gasteiger partial charge in [0.05, 0.1) is 23.0 Å². The van der Waals surface area contributed by atoms with Crippen molar-refractivity contribution in [3.05, 3.63) is 39.7 Å². The molecule has 1 aromatic heterocycles. The molecular formula is C16H18ClNOS2. The normalized spacial score (nSPS) is 21.0. The van der Waals surface area contributed by atoms with E-state index in [1.165, 1.54) is 9.77 Å². The highest BCUT2D eigenvalue weighted by Crippen LogP contribution is 2.46. The number of thioether (sulfide) groups is 1. The number of nitrogens with one attached hydrogen (secondary N) is 1. The van der Waals surface area contributed by atoms with Gasteiger partial charge < -0.3 is 10.1 Å². The summed E-state index contributed by atoms with van der Waals surface area (Å²) < 4.78 is 6.90. The van der Waals surface area contributed by atoms with E-state index in [9.17, 15) is 0 Å². The number of fused-ring (bicyclic) bond motifs is 1. The first-order chi connectivity index (χ1) is 10.1. The first-order valence-corrected chi connectivity index (χ1v) is 9.07. The van der Waals surface area contributed by atoms with Crippen LogP contribution in [-0.2, 0) is 0 Å². The van der Waals surface area contributed by atoms with E-state index in [4.69, 9.17) is 16.3 Å². The van der Waals surface area contributed by atoms with E-state index in [-0.39, 0.29) is 0 Å². The Kier molecular flexibility index (Phi) is 4.38. The fourth-order valence-electron chi connectivity index (χ4n) is 2.62. The van der Waals surface area contributed by atoms with Crippen molar-refractivity contribution in [2.45, 2.75) is 35.8 Å². The molecule has 2 atom stereocenters. The van der Waals surface area contributed by atoms with Gasteiger partial charge in [0.1, 0.15) is 5.75 Å². The molecule has 0 amide bonds. The first kappa shape index (κ1) is 15.1. The lowest BCUT2D eigenvalue weighted by Gasteiger charge is -2.29. The third-order valence-electron chi connectivity index (χ3n) is 3.72. The largest absolute Gasteiger partial charge is 0.495 e. The van der Waals surface area contributed by atoms with E-state index in [1.807, 2.05) is 36.1 Å². The molecule has 5 heteroatoms. The van der Waals surface area contributed by atoms with Crippen LogP contribution in [0.5, 0.6) is 5.75 Å². The van der Waals surface area contributed by atoms with Gasteiger partial charge in [0, 0.05) is 16.3 Å². The number of halogens is 1. The molecule has 0 fully saturated rings. The molecule has 0 bridgehead atoms. The van der Waals surface area contributed by atoms with Gasteiger partial charge in [0.15, 0.2) is 0 Å². The van der Waals surface area contributed by atoms with Crippen LogP contribution in [0.2, 0.25) is 5.02 Å². The molecule has 0 spiro atoms. The van der Waals surface area contributed by atoms with Crippen LogP contribution in [0.4, 0.5) is 5.69 Å². The van der Waals surface area contributed by atoms with Crippen LogP contribution in [0.25, 0.3) is 0 Å². The predicted octanol–water partition coefficient (Wildman–Crippen LogP) is 5.76. The van der Waals surface area contributed by atoms with E-state index in [0.29, 0.717) is 11.3 Å². The van der Waals surface area contributed by atoms with Crippen molar-refractivity contribution >= 4 is 40.4 Å². The summed E-state index contributed by atoms with van der Waals surface area (Å²) in [6.45, 7) is 4.30. The quantitative estimate of drug-likeness (QED) is 0.768. The van der Waals surface area contributed by atoms with Crippen molar-refractivity contribution in [1.29, 1.82) is 0 Å². The van der Waals surface area contributed by atoms with Gasteiger partial charge in [0.2, 0.25) is 0 Å². The highest BCUT2D eigenvalue weighted by molar-refractivity contribution is 8.01. The van der Waals surface area contributed by atoms with Crippen molar-refractivity contribution in [1.82, 2.24) is 0 Å². The van der Waals surface area contributed by atoms with Crippen molar-refractivity contribution < 1.29 is 4.74 Å². The van der Waals surface area contributed by atoms with E-state index >= 15 is 0 Å². The summed E-state index contributed by atoms with van der Waals surface area (Å²) in [6, 6.07) is 6.51. The lowest BCUT2D eigenvalue weighted by Crippen LogP contribution is -2.19. The van der Waals surface area contributed by atoms with Gasteiger partial charge in [-0.05, 0) is 42.0 Å². The third kappa shape index (κ3) is 3.03. The second-order valence-corrected chi connectivity index (χ2v) is 8.36. The maximum Gasteiger partial charge on any atom is 0.143 e. The fraction of sp³-hybridized carbons (Fsp3) is 0.375. The van der Waals surface area contributed by atoms with Crippen LogP contribution in [0.1, 0.15) is 30.5 Å². The third-order valence-corrected chi connectivity index (χ3v) is 6.47. The number of methoxy groups -OCH3 is 1. The molecule has 1 aliphatic heterocycles. The second-order valence-electron chi connectivity index (χ2n) is 5.33. The molecule has 2 heterocycles. The molecule has 0 saturated heterocycles. The van der Waals surface area contributed by atoms with Crippen LogP contribution in [-0.4, -0.2) is 12.4 Å². The van der Waals surface area contributed by atoms with E-state index in [2.05, 4.69) is 29.8 Å². The minimum atomic E-state index is 0.331. The minimum absolute atomic E-state index is 0.331. The molecule has 0 radical (unpaired) electrons. The molecule has 1 aromatic carbocycles. The van der Waals surface area contributed by atoms with E-state index in [1.54, 1.807) is 7.11 Å². The number of rotatable bonds is 3. The van der Waals surface area contributed by atoms with Crippen LogP contribution in [0, 0.1) is 6.92 Å². The Hall–Kier alpha value is -0.840. The van der Waals surface area contributed by atoms with Gasteiger partial charge in [-0.3, -0.25) is 0 Å². The zero-order chi connectivity index (χ0) is 15.0. The number of aryl methyl sites for hydroxylation is 1. The predicted molar refractivity (Wildman–Crippen MR) is 93.4 cm³/mol. The maximum atomic E-state index is 6.18. The van der Waals surface area contributed by atoms with Crippen molar-refractivity contribution in [2.24, 2.45) is 0 Å². The van der Waals surface area contributed by atoms with Gasteiger partial charge in [-0.25, -0.2) is 0 Å². The second kappa shape index (κ2) is 6.11. The minimum Gasteiger partial charge on any atom is -0.495 e. The number of thiophene rings is 1. The summed E-state index contributed by atoms with van der Waals surface area (Å²) in [4.78, 5) is 0. The Morgan fingerprint density at radius 3 is 2.95 bits per heavy atom. The SMILES string of the molecule is COc1cc(Cl)c(C)cc1NC1C[C@H](C)Sc2sccc21. The Morgan fingerprint density at radius 1 is 1.38 bits per heavy atom. The van der Waals surface area contributed by atoms with Gasteiger partial charge in [-0.2, -0.15) is 0 Å². The Morgan fingerprint density at radius 2 is 2.19 bits per heavy atom. The van der Waals surface area contributed by atoms with Gasteiger partial charge in [-0.1, -0.05) is 18.5 Å². The highest BCUT2D eigenvalue weighted by atomic mass is 35.5. The molecule has 1 unspecified atom stereocenters. The topological polar surface area (TPSA) is 21.3 Å². The van der Waals surface area contributed by atoms with Crippen molar-refractivity contribution in [2.75, 3.05) is 12.4 Å². The summed E-state index contributed by atoms with van der Waals surface area (Å²) in [7, 11) is 1.68. The summed E-state index contributed by atoms with van der Waals surface area (Å²) in [5.41, 5.74) is 3.47. The number of anilines is 1. The van der Waals surface area contributed by atoms with Crippen LogP contribution in [0.15, 0.2) is 27.8 Å². The molecular weight excluding hydrogens is 322 g/mol. The lowest BCUT2D eigenvalue weighted by molar-refractivity contribution is 0.415. The number of ether oxygens (including phenoxy) is 1. The van der Waals surface area contributed by atoms with Crippen molar-refractivity contribution in [3.63, 3.8) is 0 Å². The fourth-order valence-corrected chi connectivity index (χ4v) is 5.34. The van der Waals surface area contributed by atoms with Crippen LogP contribution >= 0.6 is 34.7 Å². The molecule has 2 aromatic rings. The molecule has 0 aliphatic carbocycles. The summed E-state index contributed by atoms with van der Waals surface area (Å²) in [5, 5.41) is 7.18. The average Bonchev–Trinajstić information content (AvgIpc) is 2.90. The number of hydrogen-bond donors (Lipinski definition) is 1. The standard InChI is InChI=1S/C16H18ClNOS2/c1-9-6-14(15(19-3)8-12(9)17)18-13-7-10(2)21-16-11(13)4-5-20-16/h4-6,8,10,13,18H,7H2,1-3H3/t10-,13?/m0/s1. The maximum absolute atomic E-state index is 6.18. The summed E-state index contributed by atoms with van der Waals surface area (Å²) in [5.74, 6) is 0.799. The Labute approximate surface area is 138 Å². The zero-order valence-electron chi connectivity index (χ0n) is 12.3. The zero-order valence-corrected chi connectivity index (χ0v) is 14.7. The summed E-state index contributed by atoms with van der Waals surface area (Å²) >= 11 is 9.99. The van der Waals surface area contributed by atoms with Crippen LogP contribution in [0.3, 0.4) is 0 Å². The molecule has 2 nitrogen and oxygen atoms in total. The molecule has 112 valence electrons. The van der Waals surface area contributed by atoms with E-state index < -0.39 is 0 Å². The smallest absolute Gasteiger partial charge is 0.143 e. The molecule has 0 saturated carbocycles. The molecule has 1 aliphatic rings. The Bertz CT molecular complexity index is 656. The van der Waals surface area contributed by atoms with Gasteiger partial charge in [-0.15, -0.1) is 23.1 Å². The van der Waals surface area contributed by atoms with Crippen molar-refractivity contribution in [3.8, 4) is 5.75 Å². The molecule has 3 rings (SSSR count). The lowest BCUT2D eigenvalue weighted by atomic mass is 10.0. The average molecular weight is 340 g/mol. The van der Waals surface area contributed by atoms with Crippen LogP contribution < -0.4 is 10.1 Å². The first-order valence-electron chi connectivity index (χ1n) is 6.93. The Balaban J connectivity index is 1.93. The molecule has 21 heavy (non-hydrogen) atoms. The molecule has 1 N–H and O–H groups in total. The number of hydrogen-bond acceptors (Lipinski definition) is 4. The highest BCUT2D eigenvalue weighted by Gasteiger charge is 2.27. The van der Waals surface area contributed by atoms with Gasteiger partial charge >= 0.3 is 0 Å². The van der Waals surface area contributed by atoms with E-state index in [0.717, 1.165) is 28.4 Å².